The van der Waals surface area contributed by atoms with Crippen molar-refractivity contribution in [2.24, 2.45) is 5.92 Å². The van der Waals surface area contributed by atoms with Crippen LogP contribution in [0.4, 0.5) is 8.78 Å². The van der Waals surface area contributed by atoms with Crippen molar-refractivity contribution in [2.75, 3.05) is 13.1 Å². The van der Waals surface area contributed by atoms with Crippen molar-refractivity contribution < 1.29 is 18.4 Å². The first kappa shape index (κ1) is 18.4. The van der Waals surface area contributed by atoms with Crippen LogP contribution < -0.4 is 5.32 Å². The number of benzene rings is 1. The fraction of sp³-hybridized carbons (Fsp3) is 0.619. The first-order valence-corrected chi connectivity index (χ1v) is 10.0. The predicted octanol–water partition coefficient (Wildman–Crippen LogP) is 3.29. The van der Waals surface area contributed by atoms with E-state index in [2.05, 4.69) is 5.32 Å². The van der Waals surface area contributed by atoms with Crippen LogP contribution in [0.1, 0.15) is 56.9 Å². The van der Waals surface area contributed by atoms with Crippen molar-refractivity contribution in [3.8, 4) is 0 Å². The number of halogens is 2. The SMILES string of the molecule is O=C(NCC1(c2ccc(F)cc2F)CCCC1)C1CCCN1C(=O)C1CC1. The number of hydrogen-bond acceptors (Lipinski definition) is 2. The number of amides is 2. The summed E-state index contributed by atoms with van der Waals surface area (Å²) in [7, 11) is 0. The largest absolute Gasteiger partial charge is 0.353 e. The van der Waals surface area contributed by atoms with Gasteiger partial charge in [-0.2, -0.15) is 0 Å². The number of hydrogen-bond donors (Lipinski definition) is 1. The molecule has 2 amide bonds. The van der Waals surface area contributed by atoms with Crippen LogP contribution in [0.2, 0.25) is 0 Å². The average Bonchev–Trinajstić information content (AvgIpc) is 3.18. The Morgan fingerprint density at radius 3 is 2.52 bits per heavy atom. The molecule has 146 valence electrons. The van der Waals surface area contributed by atoms with E-state index in [9.17, 15) is 18.4 Å². The lowest BCUT2D eigenvalue weighted by Crippen LogP contribution is -2.49. The van der Waals surface area contributed by atoms with Gasteiger partial charge in [-0.05, 0) is 50.2 Å². The molecule has 4 rings (SSSR count). The van der Waals surface area contributed by atoms with Crippen molar-refractivity contribution in [1.82, 2.24) is 10.2 Å². The quantitative estimate of drug-likeness (QED) is 0.857. The molecular formula is C21H26F2N2O2. The molecule has 0 bridgehead atoms. The van der Waals surface area contributed by atoms with E-state index in [1.54, 1.807) is 4.90 Å². The Labute approximate surface area is 158 Å². The molecule has 2 saturated carbocycles. The van der Waals surface area contributed by atoms with Gasteiger partial charge in [0.05, 0.1) is 0 Å². The van der Waals surface area contributed by atoms with Crippen LogP contribution in [0.5, 0.6) is 0 Å². The summed E-state index contributed by atoms with van der Waals surface area (Å²) in [5, 5.41) is 3.00. The van der Waals surface area contributed by atoms with Gasteiger partial charge in [-0.1, -0.05) is 18.9 Å². The highest BCUT2D eigenvalue weighted by Crippen LogP contribution is 2.42. The maximum atomic E-state index is 14.4. The molecule has 27 heavy (non-hydrogen) atoms. The highest BCUT2D eigenvalue weighted by molar-refractivity contribution is 5.90. The van der Waals surface area contributed by atoms with Gasteiger partial charge < -0.3 is 10.2 Å². The Balaban J connectivity index is 1.46. The Kier molecular flexibility index (Phi) is 4.91. The van der Waals surface area contributed by atoms with Crippen LogP contribution in [0.3, 0.4) is 0 Å². The van der Waals surface area contributed by atoms with Crippen LogP contribution in [-0.4, -0.2) is 35.8 Å². The predicted molar refractivity (Wildman–Crippen MR) is 97.0 cm³/mol. The summed E-state index contributed by atoms with van der Waals surface area (Å²) in [4.78, 5) is 26.9. The van der Waals surface area contributed by atoms with Gasteiger partial charge in [-0.25, -0.2) is 8.78 Å². The summed E-state index contributed by atoms with van der Waals surface area (Å²) < 4.78 is 27.8. The zero-order chi connectivity index (χ0) is 19.0. The molecule has 1 aromatic rings. The maximum Gasteiger partial charge on any atom is 0.242 e. The number of carbonyl (C=O) groups excluding carboxylic acids is 2. The van der Waals surface area contributed by atoms with E-state index in [1.165, 1.54) is 12.1 Å². The molecule has 0 spiro atoms. The lowest BCUT2D eigenvalue weighted by molar-refractivity contribution is -0.139. The lowest BCUT2D eigenvalue weighted by atomic mass is 9.78. The smallest absolute Gasteiger partial charge is 0.242 e. The third-order valence-electron chi connectivity index (χ3n) is 6.43. The van der Waals surface area contributed by atoms with Crippen molar-refractivity contribution in [2.45, 2.75) is 62.8 Å². The molecule has 1 aliphatic heterocycles. The van der Waals surface area contributed by atoms with Crippen LogP contribution in [0.15, 0.2) is 18.2 Å². The number of nitrogens with zero attached hydrogens (tertiary/aromatic N) is 1. The fourth-order valence-corrected chi connectivity index (χ4v) is 4.75. The van der Waals surface area contributed by atoms with E-state index in [1.807, 2.05) is 0 Å². The molecule has 2 aliphatic carbocycles. The molecule has 1 N–H and O–H groups in total. The van der Waals surface area contributed by atoms with E-state index < -0.39 is 23.1 Å². The Morgan fingerprint density at radius 2 is 1.85 bits per heavy atom. The van der Waals surface area contributed by atoms with Gasteiger partial charge in [0.2, 0.25) is 11.8 Å². The van der Waals surface area contributed by atoms with Crippen molar-refractivity contribution >= 4 is 11.8 Å². The van der Waals surface area contributed by atoms with Crippen LogP contribution in [-0.2, 0) is 15.0 Å². The minimum Gasteiger partial charge on any atom is -0.353 e. The molecule has 1 unspecified atom stereocenters. The van der Waals surface area contributed by atoms with Crippen LogP contribution in [0, 0.1) is 17.6 Å². The summed E-state index contributed by atoms with van der Waals surface area (Å²) >= 11 is 0. The van der Waals surface area contributed by atoms with Gasteiger partial charge in [-0.3, -0.25) is 9.59 Å². The second-order valence-corrected chi connectivity index (χ2v) is 8.29. The topological polar surface area (TPSA) is 49.4 Å². The van der Waals surface area contributed by atoms with E-state index in [0.717, 1.165) is 51.0 Å². The van der Waals surface area contributed by atoms with Crippen LogP contribution >= 0.6 is 0 Å². The Bertz CT molecular complexity index is 742. The van der Waals surface area contributed by atoms with E-state index in [-0.39, 0.29) is 17.7 Å². The van der Waals surface area contributed by atoms with Gasteiger partial charge in [0.15, 0.2) is 0 Å². The molecule has 1 aromatic carbocycles. The van der Waals surface area contributed by atoms with Gasteiger partial charge in [0, 0.05) is 30.5 Å². The molecule has 0 aromatic heterocycles. The van der Waals surface area contributed by atoms with Crippen molar-refractivity contribution in [1.29, 1.82) is 0 Å². The van der Waals surface area contributed by atoms with E-state index in [4.69, 9.17) is 0 Å². The summed E-state index contributed by atoms with van der Waals surface area (Å²) in [6, 6.07) is 3.31. The molecule has 1 atom stereocenters. The third kappa shape index (κ3) is 3.58. The van der Waals surface area contributed by atoms with Gasteiger partial charge in [-0.15, -0.1) is 0 Å². The van der Waals surface area contributed by atoms with Crippen LogP contribution in [0.25, 0.3) is 0 Å². The van der Waals surface area contributed by atoms with E-state index >= 15 is 0 Å². The zero-order valence-corrected chi connectivity index (χ0v) is 15.5. The molecule has 6 heteroatoms. The Hall–Kier alpha value is -1.98. The van der Waals surface area contributed by atoms with Crippen molar-refractivity contribution in [3.05, 3.63) is 35.4 Å². The summed E-state index contributed by atoms with van der Waals surface area (Å²) in [6.07, 6.45) is 6.84. The monoisotopic (exact) mass is 376 g/mol. The summed E-state index contributed by atoms with van der Waals surface area (Å²) in [6.45, 7) is 0.974. The number of rotatable bonds is 5. The second-order valence-electron chi connectivity index (χ2n) is 8.29. The second kappa shape index (κ2) is 7.21. The lowest BCUT2D eigenvalue weighted by Gasteiger charge is -2.32. The normalized spacial score (nSPS) is 24.2. The van der Waals surface area contributed by atoms with Gasteiger partial charge in [0.1, 0.15) is 17.7 Å². The Morgan fingerprint density at radius 1 is 1.11 bits per heavy atom. The van der Waals surface area contributed by atoms with Gasteiger partial charge in [0.25, 0.3) is 0 Å². The van der Waals surface area contributed by atoms with Gasteiger partial charge >= 0.3 is 0 Å². The first-order valence-electron chi connectivity index (χ1n) is 10.0. The molecule has 1 heterocycles. The number of likely N-dealkylation sites (tertiary alicyclic amines) is 1. The summed E-state index contributed by atoms with van der Waals surface area (Å²) in [5.41, 5.74) is -0.00349. The number of carbonyl (C=O) groups is 2. The molecule has 4 nitrogen and oxygen atoms in total. The molecule has 1 saturated heterocycles. The number of nitrogens with one attached hydrogen (secondary N) is 1. The molecule has 3 fully saturated rings. The highest BCUT2D eigenvalue weighted by Gasteiger charge is 2.42. The minimum atomic E-state index is -0.589. The standard InChI is InChI=1S/C21H26F2N2O2/c22-15-7-8-16(17(23)12-15)21(9-1-2-10-21)13-24-19(26)18-4-3-11-25(18)20(27)14-5-6-14/h7-8,12,14,18H,1-6,9-11,13H2,(H,24,26). The first-order chi connectivity index (χ1) is 13.0. The summed E-state index contributed by atoms with van der Waals surface area (Å²) in [5.74, 6) is -1.07. The molecule has 3 aliphatic rings. The van der Waals surface area contributed by atoms with Crippen molar-refractivity contribution in [3.63, 3.8) is 0 Å². The maximum absolute atomic E-state index is 14.4. The fourth-order valence-electron chi connectivity index (χ4n) is 4.75. The zero-order valence-electron chi connectivity index (χ0n) is 15.5. The van der Waals surface area contributed by atoms with E-state index in [0.29, 0.717) is 25.1 Å². The highest BCUT2D eigenvalue weighted by atomic mass is 19.1. The third-order valence-corrected chi connectivity index (χ3v) is 6.43. The average molecular weight is 376 g/mol. The molecule has 0 radical (unpaired) electrons. The molecular weight excluding hydrogens is 350 g/mol. The minimum absolute atomic E-state index is 0.104.